The van der Waals surface area contributed by atoms with Crippen molar-refractivity contribution in [2.45, 2.75) is 219 Å². The molecule has 1 unspecified atom stereocenters. The predicted octanol–water partition coefficient (Wildman–Crippen LogP) is 15.1. The van der Waals surface area contributed by atoms with Crippen LogP contribution < -0.4 is 0 Å². The first-order chi connectivity index (χ1) is 28.0. The van der Waals surface area contributed by atoms with Gasteiger partial charge in [0.15, 0.2) is 6.10 Å². The van der Waals surface area contributed by atoms with Crippen molar-refractivity contribution in [3.05, 3.63) is 72.9 Å². The van der Waals surface area contributed by atoms with Gasteiger partial charge in [-0.3, -0.25) is 14.4 Å². The molecule has 0 aromatic carbocycles. The molecule has 6 nitrogen and oxygen atoms in total. The molecule has 1 atom stereocenters. The maximum Gasteiger partial charge on any atom is 0.309 e. The fourth-order valence-electron chi connectivity index (χ4n) is 6.28. The molecule has 326 valence electrons. The van der Waals surface area contributed by atoms with Gasteiger partial charge in [-0.25, -0.2) is 0 Å². The van der Waals surface area contributed by atoms with Crippen LogP contribution in [0.1, 0.15) is 213 Å². The largest absolute Gasteiger partial charge is 0.462 e. The Bertz CT molecular complexity index is 1100. The second kappa shape index (κ2) is 45.6. The third kappa shape index (κ3) is 43.8. The predicted molar refractivity (Wildman–Crippen MR) is 242 cm³/mol. The van der Waals surface area contributed by atoms with Crippen LogP contribution in [0.25, 0.3) is 0 Å². The van der Waals surface area contributed by atoms with E-state index in [-0.39, 0.29) is 38.0 Å². The zero-order valence-electron chi connectivity index (χ0n) is 37.1. The molecule has 0 aliphatic rings. The van der Waals surface area contributed by atoms with Gasteiger partial charge in [0.25, 0.3) is 0 Å². The van der Waals surface area contributed by atoms with Crippen molar-refractivity contribution < 1.29 is 28.6 Å². The average Bonchev–Trinajstić information content (AvgIpc) is 3.21. The van der Waals surface area contributed by atoms with Crippen LogP contribution in [0.3, 0.4) is 0 Å². The average molecular weight is 795 g/mol. The highest BCUT2D eigenvalue weighted by molar-refractivity contribution is 5.72. The number of ether oxygens (including phenoxy) is 3. The molecular weight excluding hydrogens is 709 g/mol. The number of allylic oxidation sites excluding steroid dienone is 11. The van der Waals surface area contributed by atoms with Crippen molar-refractivity contribution in [3.8, 4) is 0 Å². The first-order valence-electron chi connectivity index (χ1n) is 23.4. The van der Waals surface area contributed by atoms with Gasteiger partial charge in [0.05, 0.1) is 6.42 Å². The summed E-state index contributed by atoms with van der Waals surface area (Å²) in [5.41, 5.74) is 0. The fraction of sp³-hybridized carbons (Fsp3) is 0.706. The molecule has 0 aliphatic heterocycles. The van der Waals surface area contributed by atoms with Gasteiger partial charge in [-0.05, 0) is 64.2 Å². The zero-order valence-corrected chi connectivity index (χ0v) is 37.1. The van der Waals surface area contributed by atoms with Gasteiger partial charge in [0.1, 0.15) is 13.2 Å². The molecule has 0 N–H and O–H groups in total. The van der Waals surface area contributed by atoms with Crippen LogP contribution in [0.5, 0.6) is 0 Å². The zero-order chi connectivity index (χ0) is 41.5. The van der Waals surface area contributed by atoms with E-state index in [1.54, 1.807) is 6.08 Å². The van der Waals surface area contributed by atoms with E-state index in [2.05, 4.69) is 81.5 Å². The number of carbonyl (C=O) groups is 3. The molecule has 0 spiro atoms. The van der Waals surface area contributed by atoms with Crippen molar-refractivity contribution in [2.24, 2.45) is 0 Å². The second-order valence-electron chi connectivity index (χ2n) is 15.3. The topological polar surface area (TPSA) is 78.9 Å². The van der Waals surface area contributed by atoms with Gasteiger partial charge in [-0.2, -0.15) is 0 Å². The standard InChI is InChI=1S/C51H86O6/c1-4-7-10-13-16-19-21-23-24-25-26-27-28-30-32-35-38-41-44-50(53)56-47-48(46-55-49(52)43-40-37-34-31-18-15-12-9-6-3)57-51(54)45-42-39-36-33-29-22-20-17-14-11-8-5-2/h8-9,11-12,17-18,20,29,31,33,37,40,48H,4-7,10,13-16,19,21-28,30,32,34-36,38-39,41-47H2,1-3H3/b11-8-,12-9-,20-17-,31-18-,33-29-,40-37-. The van der Waals surface area contributed by atoms with E-state index in [1.807, 2.05) is 6.08 Å². The summed E-state index contributed by atoms with van der Waals surface area (Å²) in [7, 11) is 0. The number of carbonyl (C=O) groups excluding carboxylic acids is 3. The number of unbranched alkanes of at least 4 members (excludes halogenated alkanes) is 19. The summed E-state index contributed by atoms with van der Waals surface area (Å²) in [5, 5.41) is 0. The minimum absolute atomic E-state index is 0.117. The molecule has 0 amide bonds. The minimum Gasteiger partial charge on any atom is -0.462 e. The third-order valence-electron chi connectivity index (χ3n) is 9.74. The molecule has 6 heteroatoms. The quantitative estimate of drug-likeness (QED) is 0.0265. The molecule has 0 heterocycles. The summed E-state index contributed by atoms with van der Waals surface area (Å²) in [6, 6.07) is 0. The van der Waals surface area contributed by atoms with Crippen LogP contribution in [-0.4, -0.2) is 37.2 Å². The lowest BCUT2D eigenvalue weighted by Gasteiger charge is -2.18. The van der Waals surface area contributed by atoms with Crippen molar-refractivity contribution in [3.63, 3.8) is 0 Å². The van der Waals surface area contributed by atoms with Gasteiger partial charge in [-0.1, -0.05) is 203 Å². The minimum atomic E-state index is -0.826. The van der Waals surface area contributed by atoms with Gasteiger partial charge < -0.3 is 14.2 Å². The molecule has 57 heavy (non-hydrogen) atoms. The third-order valence-corrected chi connectivity index (χ3v) is 9.74. The summed E-state index contributed by atoms with van der Waals surface area (Å²) in [6.45, 7) is 6.26. The van der Waals surface area contributed by atoms with E-state index in [0.29, 0.717) is 12.8 Å². The maximum atomic E-state index is 12.7. The first kappa shape index (κ1) is 53.9. The lowest BCUT2D eigenvalue weighted by Crippen LogP contribution is -2.30. The van der Waals surface area contributed by atoms with E-state index >= 15 is 0 Å². The first-order valence-corrected chi connectivity index (χ1v) is 23.4. The number of rotatable bonds is 41. The summed E-state index contributed by atoms with van der Waals surface area (Å²) in [6.07, 6.45) is 56.5. The van der Waals surface area contributed by atoms with Crippen molar-refractivity contribution in [1.29, 1.82) is 0 Å². The molecule has 0 aromatic heterocycles. The highest BCUT2D eigenvalue weighted by atomic mass is 16.6. The number of hydrogen-bond acceptors (Lipinski definition) is 6. The Morgan fingerprint density at radius 3 is 1.23 bits per heavy atom. The van der Waals surface area contributed by atoms with Crippen molar-refractivity contribution in [2.75, 3.05) is 13.2 Å². The lowest BCUT2D eigenvalue weighted by atomic mass is 10.0. The van der Waals surface area contributed by atoms with Crippen LogP contribution >= 0.6 is 0 Å². The summed E-state index contributed by atoms with van der Waals surface area (Å²) in [5.74, 6) is -1.09. The Labute approximate surface area is 351 Å². The normalized spacial score (nSPS) is 12.7. The van der Waals surface area contributed by atoms with Crippen LogP contribution in [0.4, 0.5) is 0 Å². The molecule has 0 bridgehead atoms. The van der Waals surface area contributed by atoms with Gasteiger partial charge in [0, 0.05) is 12.8 Å². The molecule has 0 aliphatic carbocycles. The molecule has 0 saturated carbocycles. The van der Waals surface area contributed by atoms with Crippen molar-refractivity contribution in [1.82, 2.24) is 0 Å². The monoisotopic (exact) mass is 795 g/mol. The Morgan fingerprint density at radius 2 is 0.754 bits per heavy atom. The van der Waals surface area contributed by atoms with Crippen LogP contribution in [0, 0.1) is 0 Å². The molecule has 0 saturated heterocycles. The van der Waals surface area contributed by atoms with Crippen LogP contribution in [0.2, 0.25) is 0 Å². The molecular formula is C51H86O6. The fourth-order valence-corrected chi connectivity index (χ4v) is 6.28. The molecule has 0 aromatic rings. The lowest BCUT2D eigenvalue weighted by molar-refractivity contribution is -0.166. The van der Waals surface area contributed by atoms with Crippen LogP contribution in [-0.2, 0) is 28.6 Å². The highest BCUT2D eigenvalue weighted by Gasteiger charge is 2.19. The van der Waals surface area contributed by atoms with Crippen LogP contribution in [0.15, 0.2) is 72.9 Å². The van der Waals surface area contributed by atoms with E-state index in [4.69, 9.17) is 14.2 Å². The van der Waals surface area contributed by atoms with E-state index in [0.717, 1.165) is 70.6 Å². The molecule has 0 fully saturated rings. The van der Waals surface area contributed by atoms with E-state index in [9.17, 15) is 14.4 Å². The summed E-state index contributed by atoms with van der Waals surface area (Å²) >= 11 is 0. The Balaban J connectivity index is 4.38. The van der Waals surface area contributed by atoms with Gasteiger partial charge in [-0.15, -0.1) is 0 Å². The number of esters is 3. The maximum absolute atomic E-state index is 12.7. The Hall–Kier alpha value is -3.15. The summed E-state index contributed by atoms with van der Waals surface area (Å²) < 4.78 is 16.6. The van der Waals surface area contributed by atoms with Gasteiger partial charge in [0.2, 0.25) is 0 Å². The van der Waals surface area contributed by atoms with E-state index < -0.39 is 12.1 Å². The summed E-state index contributed by atoms with van der Waals surface area (Å²) in [4.78, 5) is 37.6. The molecule has 0 rings (SSSR count). The Kier molecular flexibility index (Phi) is 43.0. The van der Waals surface area contributed by atoms with Gasteiger partial charge >= 0.3 is 17.9 Å². The Morgan fingerprint density at radius 1 is 0.386 bits per heavy atom. The number of hydrogen-bond donors (Lipinski definition) is 0. The second-order valence-corrected chi connectivity index (χ2v) is 15.3. The van der Waals surface area contributed by atoms with Crippen molar-refractivity contribution >= 4 is 17.9 Å². The highest BCUT2D eigenvalue weighted by Crippen LogP contribution is 2.15. The smallest absolute Gasteiger partial charge is 0.309 e. The van der Waals surface area contributed by atoms with E-state index in [1.165, 1.54) is 96.3 Å². The SMILES string of the molecule is CC/C=C\C/C=C\C/C=C\CCCCC(=O)OC(COC(=O)C/C=C\C/C=C\C/C=C\CC)COC(=O)CCCCCCCCCCCCCCCCCCCC. The molecule has 0 radical (unpaired) electrons.